The average Bonchev–Trinajstić information content (AvgIpc) is 3.22. The molecule has 1 saturated heterocycles. The second-order valence-electron chi connectivity index (χ2n) is 7.57. The number of piperidine rings is 1. The number of hydrogen-bond acceptors (Lipinski definition) is 2. The monoisotopic (exact) mass is 403 g/mol. The number of carbonyl (C=O) groups is 2. The fourth-order valence-corrected chi connectivity index (χ4v) is 3.70. The van der Waals surface area contributed by atoms with Crippen LogP contribution in [-0.2, 0) is 17.8 Å². The van der Waals surface area contributed by atoms with Gasteiger partial charge in [0.2, 0.25) is 5.91 Å². The van der Waals surface area contributed by atoms with E-state index in [1.165, 1.54) is 6.07 Å². The van der Waals surface area contributed by atoms with Crippen molar-refractivity contribution in [2.45, 2.75) is 45.6 Å². The number of hydrogen-bond donors (Lipinski definition) is 2. The summed E-state index contributed by atoms with van der Waals surface area (Å²) in [4.78, 5) is 29.8. The van der Waals surface area contributed by atoms with Crippen LogP contribution in [0.2, 0.25) is 0 Å². The zero-order chi connectivity index (χ0) is 20.8. The Morgan fingerprint density at radius 2 is 2.03 bits per heavy atom. The molecule has 2 amide bonds. The van der Waals surface area contributed by atoms with Crippen molar-refractivity contribution in [1.82, 2.24) is 15.2 Å². The standard InChI is InChI=1S/C22H27F2N3O2/c1-2-17-7-9-20(26-17)22(29)27-11-3-4-15(14-27)6-10-21(28)25-13-16-5-8-18(23)19(24)12-16/h5,7-9,12,15,26H,2-4,6,10-11,13-14H2,1H3,(H,25,28). The van der Waals surface area contributed by atoms with Gasteiger partial charge in [-0.15, -0.1) is 0 Å². The van der Waals surface area contributed by atoms with Gasteiger partial charge in [-0.1, -0.05) is 13.0 Å². The lowest BCUT2D eigenvalue weighted by molar-refractivity contribution is -0.121. The summed E-state index contributed by atoms with van der Waals surface area (Å²) in [6, 6.07) is 7.36. The molecule has 1 aliphatic rings. The van der Waals surface area contributed by atoms with Crippen molar-refractivity contribution in [3.05, 3.63) is 58.9 Å². The number of aryl methyl sites for hydroxylation is 1. The number of H-pyrrole nitrogens is 1. The molecule has 3 rings (SSSR count). The van der Waals surface area contributed by atoms with Crippen molar-refractivity contribution < 1.29 is 18.4 Å². The zero-order valence-corrected chi connectivity index (χ0v) is 16.6. The molecule has 0 radical (unpaired) electrons. The molecule has 1 aliphatic heterocycles. The molecule has 1 aromatic heterocycles. The van der Waals surface area contributed by atoms with Gasteiger partial charge in [-0.2, -0.15) is 0 Å². The number of nitrogens with one attached hydrogen (secondary N) is 2. The van der Waals surface area contributed by atoms with Gasteiger partial charge in [0.15, 0.2) is 11.6 Å². The van der Waals surface area contributed by atoms with Crippen LogP contribution in [0.25, 0.3) is 0 Å². The van der Waals surface area contributed by atoms with Gasteiger partial charge in [-0.05, 0) is 61.4 Å². The maximum atomic E-state index is 13.2. The molecule has 1 fully saturated rings. The number of carbonyl (C=O) groups excluding carboxylic acids is 2. The largest absolute Gasteiger partial charge is 0.354 e. The summed E-state index contributed by atoms with van der Waals surface area (Å²) < 4.78 is 26.2. The lowest BCUT2D eigenvalue weighted by atomic mass is 9.93. The summed E-state index contributed by atoms with van der Waals surface area (Å²) in [5.41, 5.74) is 2.18. The van der Waals surface area contributed by atoms with Gasteiger partial charge in [0.05, 0.1) is 0 Å². The number of aromatic nitrogens is 1. The topological polar surface area (TPSA) is 65.2 Å². The van der Waals surface area contributed by atoms with Gasteiger partial charge in [0.1, 0.15) is 5.69 Å². The van der Waals surface area contributed by atoms with Crippen LogP contribution in [0.3, 0.4) is 0 Å². The van der Waals surface area contributed by atoms with Crippen molar-refractivity contribution >= 4 is 11.8 Å². The Morgan fingerprint density at radius 3 is 2.76 bits per heavy atom. The van der Waals surface area contributed by atoms with E-state index in [4.69, 9.17) is 0 Å². The van der Waals surface area contributed by atoms with Crippen molar-refractivity contribution in [2.24, 2.45) is 5.92 Å². The van der Waals surface area contributed by atoms with Crippen LogP contribution in [0.1, 0.15) is 54.4 Å². The van der Waals surface area contributed by atoms with E-state index in [2.05, 4.69) is 10.3 Å². The van der Waals surface area contributed by atoms with E-state index in [1.807, 2.05) is 24.0 Å². The summed E-state index contributed by atoms with van der Waals surface area (Å²) in [5.74, 6) is -1.66. The van der Waals surface area contributed by atoms with Gasteiger partial charge >= 0.3 is 0 Å². The number of nitrogens with zero attached hydrogens (tertiary/aromatic N) is 1. The predicted octanol–water partition coefficient (Wildman–Crippen LogP) is 3.80. The van der Waals surface area contributed by atoms with Crippen molar-refractivity contribution in [1.29, 1.82) is 0 Å². The third-order valence-corrected chi connectivity index (χ3v) is 5.42. The molecule has 156 valence electrons. The first-order valence-corrected chi connectivity index (χ1v) is 10.1. The maximum absolute atomic E-state index is 13.2. The molecule has 1 aromatic carbocycles. The minimum Gasteiger partial charge on any atom is -0.354 e. The minimum atomic E-state index is -0.920. The Morgan fingerprint density at radius 1 is 1.21 bits per heavy atom. The molecule has 0 bridgehead atoms. The Kier molecular flexibility index (Phi) is 7.01. The van der Waals surface area contributed by atoms with E-state index in [1.54, 1.807) is 0 Å². The van der Waals surface area contributed by atoms with Crippen molar-refractivity contribution in [3.8, 4) is 0 Å². The Labute approximate surface area is 169 Å². The fraction of sp³-hybridized carbons (Fsp3) is 0.455. The highest BCUT2D eigenvalue weighted by molar-refractivity contribution is 5.92. The molecule has 5 nitrogen and oxygen atoms in total. The molecule has 2 aromatic rings. The normalized spacial score (nSPS) is 16.7. The molecule has 2 N–H and O–H groups in total. The van der Waals surface area contributed by atoms with E-state index < -0.39 is 11.6 Å². The highest BCUT2D eigenvalue weighted by atomic mass is 19.2. The van der Waals surface area contributed by atoms with Crippen LogP contribution in [0.15, 0.2) is 30.3 Å². The smallest absolute Gasteiger partial charge is 0.270 e. The minimum absolute atomic E-state index is 0.0113. The third-order valence-electron chi connectivity index (χ3n) is 5.42. The summed E-state index contributed by atoms with van der Waals surface area (Å²) in [6.45, 7) is 3.58. The zero-order valence-electron chi connectivity index (χ0n) is 16.6. The summed E-state index contributed by atoms with van der Waals surface area (Å²) in [7, 11) is 0. The lowest BCUT2D eigenvalue weighted by Crippen LogP contribution is -2.40. The molecule has 0 saturated carbocycles. The van der Waals surface area contributed by atoms with Gasteiger partial charge in [-0.3, -0.25) is 9.59 Å². The van der Waals surface area contributed by atoms with E-state index >= 15 is 0 Å². The van der Waals surface area contributed by atoms with Crippen LogP contribution < -0.4 is 5.32 Å². The second-order valence-corrected chi connectivity index (χ2v) is 7.57. The average molecular weight is 403 g/mol. The summed E-state index contributed by atoms with van der Waals surface area (Å²) in [6.07, 6.45) is 3.81. The Bertz CT molecular complexity index is 865. The Balaban J connectivity index is 1.44. The molecule has 0 aliphatic carbocycles. The third kappa shape index (κ3) is 5.65. The van der Waals surface area contributed by atoms with Crippen LogP contribution in [0.4, 0.5) is 8.78 Å². The van der Waals surface area contributed by atoms with E-state index in [9.17, 15) is 18.4 Å². The number of benzene rings is 1. The Hall–Kier alpha value is -2.70. The SMILES string of the molecule is CCc1ccc(C(=O)N2CCCC(CCC(=O)NCc3ccc(F)c(F)c3)C2)[nH]1. The van der Waals surface area contributed by atoms with Gasteiger partial charge < -0.3 is 15.2 Å². The van der Waals surface area contributed by atoms with Crippen LogP contribution >= 0.6 is 0 Å². The fourth-order valence-electron chi connectivity index (χ4n) is 3.70. The summed E-state index contributed by atoms with van der Waals surface area (Å²) >= 11 is 0. The number of aromatic amines is 1. The van der Waals surface area contributed by atoms with Crippen molar-refractivity contribution in [3.63, 3.8) is 0 Å². The number of likely N-dealkylation sites (tertiary alicyclic amines) is 1. The van der Waals surface area contributed by atoms with Gasteiger partial charge in [0, 0.05) is 31.7 Å². The van der Waals surface area contributed by atoms with Gasteiger partial charge in [-0.25, -0.2) is 8.78 Å². The van der Waals surface area contributed by atoms with Crippen molar-refractivity contribution in [2.75, 3.05) is 13.1 Å². The van der Waals surface area contributed by atoms with Crippen LogP contribution in [0, 0.1) is 17.6 Å². The molecular formula is C22H27F2N3O2. The van der Waals surface area contributed by atoms with Gasteiger partial charge in [0.25, 0.3) is 5.91 Å². The molecule has 0 spiro atoms. The van der Waals surface area contributed by atoms with E-state index in [0.29, 0.717) is 30.6 Å². The number of amides is 2. The lowest BCUT2D eigenvalue weighted by Gasteiger charge is -2.32. The highest BCUT2D eigenvalue weighted by Gasteiger charge is 2.25. The summed E-state index contributed by atoms with van der Waals surface area (Å²) in [5, 5.41) is 2.74. The predicted molar refractivity (Wildman–Crippen MR) is 106 cm³/mol. The number of rotatable bonds is 7. The first kappa shape index (κ1) is 21.0. The molecular weight excluding hydrogens is 376 g/mol. The molecule has 2 heterocycles. The van der Waals surface area contributed by atoms with Crippen LogP contribution in [0.5, 0.6) is 0 Å². The first-order valence-electron chi connectivity index (χ1n) is 10.1. The highest BCUT2D eigenvalue weighted by Crippen LogP contribution is 2.22. The van der Waals surface area contributed by atoms with E-state index in [-0.39, 0.29) is 24.3 Å². The molecule has 1 atom stereocenters. The quantitative estimate of drug-likeness (QED) is 0.739. The molecule has 7 heteroatoms. The maximum Gasteiger partial charge on any atom is 0.270 e. The molecule has 29 heavy (non-hydrogen) atoms. The second kappa shape index (κ2) is 9.67. The molecule has 1 unspecified atom stereocenters. The number of halogens is 2. The van der Waals surface area contributed by atoms with E-state index in [0.717, 1.165) is 43.6 Å². The van der Waals surface area contributed by atoms with Crippen LogP contribution in [-0.4, -0.2) is 34.8 Å². The first-order chi connectivity index (χ1) is 14.0.